The van der Waals surface area contributed by atoms with Crippen molar-refractivity contribution in [2.24, 2.45) is 0 Å². The summed E-state index contributed by atoms with van der Waals surface area (Å²) >= 11 is 7.48. The molecule has 1 aromatic heterocycles. The Hall–Kier alpha value is -2.32. The molecule has 0 radical (unpaired) electrons. The van der Waals surface area contributed by atoms with Gasteiger partial charge in [-0.15, -0.1) is 0 Å². The maximum atomic E-state index is 12.3. The average molecular weight is 462 g/mol. The minimum absolute atomic E-state index is 0.0953. The lowest BCUT2D eigenvalue weighted by Gasteiger charge is -2.40. The van der Waals surface area contributed by atoms with Gasteiger partial charge in [0.15, 0.2) is 5.16 Å². The lowest BCUT2D eigenvalue weighted by Crippen LogP contribution is -2.54. The van der Waals surface area contributed by atoms with Crippen LogP contribution in [0.4, 0.5) is 11.5 Å². The van der Waals surface area contributed by atoms with E-state index < -0.39 is 0 Å². The van der Waals surface area contributed by atoms with Crippen molar-refractivity contribution in [2.45, 2.75) is 44.8 Å². The number of halogens is 1. The van der Waals surface area contributed by atoms with Gasteiger partial charge in [0.1, 0.15) is 11.0 Å². The number of rotatable bonds is 7. The Labute approximate surface area is 192 Å². The molecular weight excluding hydrogens is 434 g/mol. The van der Waals surface area contributed by atoms with E-state index in [0.29, 0.717) is 36.4 Å². The number of aryl methyl sites for hydroxylation is 1. The molecule has 1 aliphatic heterocycles. The van der Waals surface area contributed by atoms with Gasteiger partial charge in [0.05, 0.1) is 5.75 Å². The third-order valence-corrected chi connectivity index (χ3v) is 6.11. The van der Waals surface area contributed by atoms with Gasteiger partial charge in [-0.25, -0.2) is 9.97 Å². The summed E-state index contributed by atoms with van der Waals surface area (Å²) in [6, 6.07) is 9.47. The number of aromatic nitrogens is 2. The summed E-state index contributed by atoms with van der Waals surface area (Å²) in [6.45, 7) is 8.09. The van der Waals surface area contributed by atoms with E-state index in [1.165, 1.54) is 11.8 Å². The number of nitrogens with one attached hydrogen (secondary N) is 1. The number of hydrogen-bond donors (Lipinski definition) is 1. The van der Waals surface area contributed by atoms with E-state index in [-0.39, 0.29) is 23.6 Å². The van der Waals surface area contributed by atoms with Gasteiger partial charge in [-0.2, -0.15) is 0 Å². The number of anilines is 2. The molecule has 1 unspecified atom stereocenters. The maximum absolute atomic E-state index is 12.3. The number of nitrogens with zero attached hydrogens (tertiary/aromatic N) is 4. The van der Waals surface area contributed by atoms with Crippen molar-refractivity contribution >= 4 is 46.7 Å². The summed E-state index contributed by atoms with van der Waals surface area (Å²) in [6.07, 6.45) is 1.43. The summed E-state index contributed by atoms with van der Waals surface area (Å²) in [5, 5.41) is 3.66. The molecule has 0 bridgehead atoms. The minimum Gasteiger partial charge on any atom is -0.353 e. The Bertz CT molecular complexity index is 925. The highest BCUT2D eigenvalue weighted by Crippen LogP contribution is 2.24. The number of thioether (sulfide) groups is 1. The van der Waals surface area contributed by atoms with Crippen molar-refractivity contribution in [1.82, 2.24) is 14.9 Å². The van der Waals surface area contributed by atoms with Gasteiger partial charge in [0.2, 0.25) is 11.8 Å². The quantitative estimate of drug-likeness (QED) is 0.381. The van der Waals surface area contributed by atoms with Gasteiger partial charge in [-0.05, 0) is 32.4 Å². The van der Waals surface area contributed by atoms with Crippen molar-refractivity contribution < 1.29 is 9.59 Å². The zero-order valence-corrected chi connectivity index (χ0v) is 19.7. The van der Waals surface area contributed by atoms with E-state index in [1.807, 2.05) is 49.9 Å². The minimum atomic E-state index is -0.129. The predicted molar refractivity (Wildman–Crippen MR) is 126 cm³/mol. The number of carbonyl (C=O) groups excluding carboxylic acids is 2. The number of benzene rings is 1. The lowest BCUT2D eigenvalue weighted by molar-refractivity contribution is -0.133. The maximum Gasteiger partial charge on any atom is 0.234 e. The molecule has 1 aromatic carbocycles. The van der Waals surface area contributed by atoms with Crippen molar-refractivity contribution in [3.8, 4) is 0 Å². The molecule has 2 heterocycles. The molecule has 1 saturated heterocycles. The predicted octanol–water partition coefficient (Wildman–Crippen LogP) is 4.01. The Morgan fingerprint density at radius 3 is 2.65 bits per heavy atom. The summed E-state index contributed by atoms with van der Waals surface area (Å²) in [5.41, 5.74) is 1.89. The smallest absolute Gasteiger partial charge is 0.234 e. The third-order valence-electron chi connectivity index (χ3n) is 5.06. The molecule has 2 amide bonds. The second kappa shape index (κ2) is 10.8. The first-order valence-corrected chi connectivity index (χ1v) is 11.8. The Morgan fingerprint density at radius 2 is 1.97 bits per heavy atom. The molecule has 9 heteroatoms. The van der Waals surface area contributed by atoms with Gasteiger partial charge in [0, 0.05) is 43.9 Å². The van der Waals surface area contributed by atoms with Crippen LogP contribution in [0.3, 0.4) is 0 Å². The highest BCUT2D eigenvalue weighted by molar-refractivity contribution is 7.99. The Balaban J connectivity index is 1.59. The van der Waals surface area contributed by atoms with Crippen molar-refractivity contribution in [2.75, 3.05) is 35.6 Å². The normalized spacial score (nSPS) is 16.3. The molecule has 3 rings (SSSR count). The van der Waals surface area contributed by atoms with E-state index in [4.69, 9.17) is 11.6 Å². The monoisotopic (exact) mass is 461 g/mol. The van der Waals surface area contributed by atoms with Crippen LogP contribution in [0, 0.1) is 6.92 Å². The van der Waals surface area contributed by atoms with Crippen LogP contribution < -0.4 is 10.2 Å². The van der Waals surface area contributed by atoms with Gasteiger partial charge in [0.25, 0.3) is 0 Å². The van der Waals surface area contributed by atoms with Crippen molar-refractivity contribution in [3.63, 3.8) is 0 Å². The van der Waals surface area contributed by atoms with Crippen LogP contribution in [0.15, 0.2) is 35.5 Å². The highest BCUT2D eigenvalue weighted by Gasteiger charge is 2.28. The summed E-state index contributed by atoms with van der Waals surface area (Å²) in [5.74, 6) is 0.973. The molecule has 0 saturated carbocycles. The second-order valence-corrected chi connectivity index (χ2v) is 9.00. The van der Waals surface area contributed by atoms with Crippen LogP contribution in [0.2, 0.25) is 5.15 Å². The fraction of sp³-hybridized carbons (Fsp3) is 0.455. The van der Waals surface area contributed by atoms with Gasteiger partial charge < -0.3 is 15.1 Å². The highest BCUT2D eigenvalue weighted by atomic mass is 35.5. The van der Waals surface area contributed by atoms with E-state index in [9.17, 15) is 9.59 Å². The van der Waals surface area contributed by atoms with Crippen LogP contribution >= 0.6 is 23.4 Å². The Kier molecular flexibility index (Phi) is 8.15. The van der Waals surface area contributed by atoms with Crippen LogP contribution in [0.5, 0.6) is 0 Å². The zero-order valence-electron chi connectivity index (χ0n) is 18.1. The third kappa shape index (κ3) is 6.58. The summed E-state index contributed by atoms with van der Waals surface area (Å²) in [4.78, 5) is 37.5. The number of piperazine rings is 1. The molecule has 0 aliphatic carbocycles. The molecule has 1 N–H and O–H groups in total. The fourth-order valence-electron chi connectivity index (χ4n) is 3.47. The first kappa shape index (κ1) is 23.3. The molecule has 7 nitrogen and oxygen atoms in total. The van der Waals surface area contributed by atoms with Gasteiger partial charge >= 0.3 is 0 Å². The SMILES string of the molecule is CCCC(=O)N1CCN(c2cc(Cl)nc(SCC(=O)Nc3ccc(C)cc3)n2)CC1C. The molecule has 31 heavy (non-hydrogen) atoms. The number of carbonyl (C=O) groups is 2. The first-order chi connectivity index (χ1) is 14.9. The Morgan fingerprint density at radius 1 is 1.23 bits per heavy atom. The standard InChI is InChI=1S/C22H28ClN5O2S/c1-4-5-21(30)28-11-10-27(13-16(28)3)19-12-18(23)25-22(26-19)31-14-20(29)24-17-8-6-15(2)7-9-17/h6-9,12,16H,4-5,10-11,13-14H2,1-3H3,(H,24,29). The molecule has 1 fully saturated rings. The van der Waals surface area contributed by atoms with E-state index in [1.54, 1.807) is 6.07 Å². The van der Waals surface area contributed by atoms with Crippen LogP contribution in [0.25, 0.3) is 0 Å². The van der Waals surface area contributed by atoms with E-state index in [0.717, 1.165) is 23.5 Å². The van der Waals surface area contributed by atoms with Gasteiger partial charge in [-0.3, -0.25) is 9.59 Å². The topological polar surface area (TPSA) is 78.4 Å². The summed E-state index contributed by atoms with van der Waals surface area (Å²) in [7, 11) is 0. The largest absolute Gasteiger partial charge is 0.353 e. The number of hydrogen-bond acceptors (Lipinski definition) is 6. The first-order valence-electron chi connectivity index (χ1n) is 10.4. The fourth-order valence-corrected chi connectivity index (χ4v) is 4.35. The zero-order chi connectivity index (χ0) is 22.4. The van der Waals surface area contributed by atoms with Crippen LogP contribution in [-0.4, -0.2) is 58.1 Å². The van der Waals surface area contributed by atoms with Gasteiger partial charge in [-0.1, -0.05) is 48.0 Å². The van der Waals surface area contributed by atoms with E-state index >= 15 is 0 Å². The van der Waals surface area contributed by atoms with E-state index in [2.05, 4.69) is 20.2 Å². The molecular formula is C22H28ClN5O2S. The lowest BCUT2D eigenvalue weighted by atomic mass is 10.1. The molecule has 0 spiro atoms. The van der Waals surface area contributed by atoms with Crippen molar-refractivity contribution in [3.05, 3.63) is 41.0 Å². The van der Waals surface area contributed by atoms with Crippen LogP contribution in [-0.2, 0) is 9.59 Å². The number of amides is 2. The summed E-state index contributed by atoms with van der Waals surface area (Å²) < 4.78 is 0. The molecule has 1 aliphatic rings. The van der Waals surface area contributed by atoms with Crippen molar-refractivity contribution in [1.29, 1.82) is 0 Å². The second-order valence-electron chi connectivity index (χ2n) is 7.67. The molecule has 166 valence electrons. The average Bonchev–Trinajstić information content (AvgIpc) is 2.73. The van der Waals surface area contributed by atoms with Crippen LogP contribution in [0.1, 0.15) is 32.3 Å². The molecule has 2 aromatic rings. The molecule has 1 atom stereocenters.